The molecule has 10 heavy (non-hydrogen) atoms. The van der Waals surface area contributed by atoms with E-state index in [9.17, 15) is 0 Å². The Morgan fingerprint density at radius 1 is 1.70 bits per heavy atom. The molecule has 0 unspecified atom stereocenters. The van der Waals surface area contributed by atoms with Crippen LogP contribution in [0, 0.1) is 0 Å². The first-order valence-corrected chi connectivity index (χ1v) is 3.16. The summed E-state index contributed by atoms with van der Waals surface area (Å²) in [6.45, 7) is 2.88. The smallest absolute Gasteiger partial charge is 0.320 e. The minimum atomic E-state index is 0.0959. The monoisotopic (exact) mass is 142 g/mol. The van der Waals surface area contributed by atoms with Crippen molar-refractivity contribution in [2.45, 2.75) is 13.3 Å². The summed E-state index contributed by atoms with van der Waals surface area (Å²) >= 11 is 0. The summed E-state index contributed by atoms with van der Waals surface area (Å²) in [6.07, 6.45) is 1.02. The molecule has 0 aliphatic heterocycles. The zero-order chi connectivity index (χ0) is 7.40. The molecule has 0 spiro atoms. The first kappa shape index (κ1) is 6.85. The van der Waals surface area contributed by atoms with Crippen molar-refractivity contribution in [1.82, 2.24) is 10.1 Å². The molecule has 0 saturated carbocycles. The van der Waals surface area contributed by atoms with Crippen molar-refractivity contribution >= 4 is 12.0 Å². The highest BCUT2D eigenvalue weighted by Crippen LogP contribution is 2.01. The summed E-state index contributed by atoms with van der Waals surface area (Å²) < 4.78 is 4.52. The number of nitrogens with two attached hydrogens (primary N) is 1. The van der Waals surface area contributed by atoms with Crippen LogP contribution in [0.5, 0.6) is 0 Å². The number of nitrogens with one attached hydrogen (secondary N) is 1. The van der Waals surface area contributed by atoms with Gasteiger partial charge in [0.15, 0.2) is 0 Å². The summed E-state index contributed by atoms with van der Waals surface area (Å²) in [5.41, 5.74) is 5.17. The molecule has 1 heterocycles. The Morgan fingerprint density at radius 2 is 2.50 bits per heavy atom. The zero-order valence-corrected chi connectivity index (χ0v) is 5.79. The standard InChI is InChI=1S/C5H10N4O/c1-2-3-7-5-8-4(6)10-9-5/h2-3H2,1H3,(H3,6,7,8,9). The van der Waals surface area contributed by atoms with Gasteiger partial charge in [0.2, 0.25) is 0 Å². The maximum atomic E-state index is 5.17. The lowest BCUT2D eigenvalue weighted by molar-refractivity contribution is 0.437. The van der Waals surface area contributed by atoms with Crippen molar-refractivity contribution in [3.63, 3.8) is 0 Å². The summed E-state index contributed by atoms with van der Waals surface area (Å²) in [6, 6.07) is 0.0959. The fourth-order valence-corrected chi connectivity index (χ4v) is 0.544. The van der Waals surface area contributed by atoms with Gasteiger partial charge in [0, 0.05) is 6.54 Å². The summed E-state index contributed by atoms with van der Waals surface area (Å²) in [5, 5.41) is 6.45. The predicted molar refractivity (Wildman–Crippen MR) is 37.5 cm³/mol. The van der Waals surface area contributed by atoms with E-state index in [1.807, 2.05) is 0 Å². The van der Waals surface area contributed by atoms with Crippen LogP contribution >= 0.6 is 0 Å². The molecule has 0 aliphatic rings. The van der Waals surface area contributed by atoms with Crippen LogP contribution in [0.25, 0.3) is 0 Å². The molecule has 0 fully saturated rings. The molecule has 0 aromatic carbocycles. The molecular weight excluding hydrogens is 132 g/mol. The average Bonchev–Trinajstić information content (AvgIpc) is 2.31. The van der Waals surface area contributed by atoms with E-state index in [2.05, 4.69) is 26.9 Å². The van der Waals surface area contributed by atoms with E-state index in [1.165, 1.54) is 0 Å². The lowest BCUT2D eigenvalue weighted by atomic mass is 10.5. The van der Waals surface area contributed by atoms with Gasteiger partial charge in [-0.25, -0.2) is 0 Å². The van der Waals surface area contributed by atoms with Gasteiger partial charge in [-0.3, -0.25) is 0 Å². The van der Waals surface area contributed by atoms with Crippen molar-refractivity contribution in [3.05, 3.63) is 0 Å². The maximum Gasteiger partial charge on any atom is 0.320 e. The third-order valence-corrected chi connectivity index (χ3v) is 0.975. The molecule has 5 nitrogen and oxygen atoms in total. The Hall–Kier alpha value is -1.26. The molecule has 56 valence electrons. The van der Waals surface area contributed by atoms with E-state index in [-0.39, 0.29) is 6.01 Å². The van der Waals surface area contributed by atoms with Gasteiger partial charge in [0.1, 0.15) is 0 Å². The number of hydrogen-bond donors (Lipinski definition) is 2. The topological polar surface area (TPSA) is 77.0 Å². The van der Waals surface area contributed by atoms with Gasteiger partial charge in [-0.15, -0.1) is 0 Å². The molecular formula is C5H10N4O. The van der Waals surface area contributed by atoms with Crippen LogP contribution in [0.3, 0.4) is 0 Å². The Bertz CT molecular complexity index is 197. The van der Waals surface area contributed by atoms with Crippen LogP contribution in [0.15, 0.2) is 4.52 Å². The van der Waals surface area contributed by atoms with Crippen LogP contribution in [0.4, 0.5) is 12.0 Å². The Balaban J connectivity index is 2.42. The molecule has 0 radical (unpaired) electrons. The number of anilines is 2. The van der Waals surface area contributed by atoms with Crippen LogP contribution in [0.2, 0.25) is 0 Å². The van der Waals surface area contributed by atoms with E-state index < -0.39 is 0 Å². The highest BCUT2D eigenvalue weighted by molar-refractivity contribution is 5.26. The van der Waals surface area contributed by atoms with Crippen molar-refractivity contribution in [1.29, 1.82) is 0 Å². The maximum absolute atomic E-state index is 5.17. The minimum Gasteiger partial charge on any atom is -0.352 e. The number of aromatic nitrogens is 2. The molecule has 5 heteroatoms. The fraction of sp³-hybridized carbons (Fsp3) is 0.600. The number of nitrogens with zero attached hydrogens (tertiary/aromatic N) is 2. The second-order valence-corrected chi connectivity index (χ2v) is 1.88. The van der Waals surface area contributed by atoms with Gasteiger partial charge in [-0.1, -0.05) is 6.92 Å². The Kier molecular flexibility index (Phi) is 2.09. The normalized spacial score (nSPS) is 9.70. The predicted octanol–water partition coefficient (Wildman–Crippen LogP) is 0.474. The zero-order valence-electron chi connectivity index (χ0n) is 5.79. The number of hydrogen-bond acceptors (Lipinski definition) is 5. The van der Waals surface area contributed by atoms with Gasteiger partial charge in [0.25, 0.3) is 5.95 Å². The van der Waals surface area contributed by atoms with Gasteiger partial charge >= 0.3 is 6.01 Å². The van der Waals surface area contributed by atoms with E-state index in [0.29, 0.717) is 5.95 Å². The summed E-state index contributed by atoms with van der Waals surface area (Å²) in [5.74, 6) is 0.458. The number of nitrogen functional groups attached to an aromatic ring is 1. The SMILES string of the molecule is CCCNc1noc(N)n1. The lowest BCUT2D eigenvalue weighted by Crippen LogP contribution is -2.00. The van der Waals surface area contributed by atoms with Crippen molar-refractivity contribution < 1.29 is 4.52 Å². The molecule has 3 N–H and O–H groups in total. The molecule has 1 aromatic heterocycles. The quantitative estimate of drug-likeness (QED) is 0.641. The van der Waals surface area contributed by atoms with E-state index >= 15 is 0 Å². The molecule has 0 amide bonds. The minimum absolute atomic E-state index is 0.0959. The van der Waals surface area contributed by atoms with Gasteiger partial charge in [-0.05, 0) is 11.6 Å². The number of rotatable bonds is 3. The van der Waals surface area contributed by atoms with Crippen molar-refractivity contribution in [2.75, 3.05) is 17.6 Å². The molecule has 1 rings (SSSR count). The van der Waals surface area contributed by atoms with Crippen LogP contribution in [0.1, 0.15) is 13.3 Å². The summed E-state index contributed by atoms with van der Waals surface area (Å²) in [4.78, 5) is 3.74. The van der Waals surface area contributed by atoms with Gasteiger partial charge in [-0.2, -0.15) is 4.98 Å². The summed E-state index contributed by atoms with van der Waals surface area (Å²) in [7, 11) is 0. The molecule has 1 aromatic rings. The highest BCUT2D eigenvalue weighted by Gasteiger charge is 1.98. The van der Waals surface area contributed by atoms with E-state index in [0.717, 1.165) is 13.0 Å². The fourth-order valence-electron chi connectivity index (χ4n) is 0.544. The van der Waals surface area contributed by atoms with Crippen LogP contribution in [-0.4, -0.2) is 16.7 Å². The Labute approximate surface area is 58.6 Å². The second kappa shape index (κ2) is 3.05. The largest absolute Gasteiger partial charge is 0.352 e. The molecule has 0 saturated heterocycles. The van der Waals surface area contributed by atoms with Crippen molar-refractivity contribution in [2.24, 2.45) is 0 Å². The third-order valence-electron chi connectivity index (χ3n) is 0.975. The van der Waals surface area contributed by atoms with E-state index in [4.69, 9.17) is 5.73 Å². The van der Waals surface area contributed by atoms with E-state index in [1.54, 1.807) is 0 Å². The highest BCUT2D eigenvalue weighted by atomic mass is 16.5. The first-order valence-electron chi connectivity index (χ1n) is 3.16. The Morgan fingerprint density at radius 3 is 3.00 bits per heavy atom. The molecule has 0 atom stereocenters. The first-order chi connectivity index (χ1) is 4.83. The average molecular weight is 142 g/mol. The van der Waals surface area contributed by atoms with Crippen LogP contribution in [-0.2, 0) is 0 Å². The second-order valence-electron chi connectivity index (χ2n) is 1.88. The molecule has 0 aliphatic carbocycles. The van der Waals surface area contributed by atoms with Crippen molar-refractivity contribution in [3.8, 4) is 0 Å². The van der Waals surface area contributed by atoms with Crippen LogP contribution < -0.4 is 11.1 Å². The lowest BCUT2D eigenvalue weighted by Gasteiger charge is -1.93. The van der Waals surface area contributed by atoms with Gasteiger partial charge in [0.05, 0.1) is 0 Å². The third kappa shape index (κ3) is 1.61. The molecule has 0 bridgehead atoms. The van der Waals surface area contributed by atoms with Gasteiger partial charge < -0.3 is 15.6 Å².